The van der Waals surface area contributed by atoms with Gasteiger partial charge in [0.25, 0.3) is 0 Å². The van der Waals surface area contributed by atoms with Crippen molar-refractivity contribution in [1.29, 1.82) is 0 Å². The number of carbonyl (C=O) groups is 1. The highest BCUT2D eigenvalue weighted by Gasteiger charge is 2.43. The lowest BCUT2D eigenvalue weighted by Crippen LogP contribution is -2.49. The van der Waals surface area contributed by atoms with Gasteiger partial charge in [-0.2, -0.15) is 0 Å². The number of aromatic nitrogens is 1. The smallest absolute Gasteiger partial charge is 0.321 e. The minimum atomic E-state index is -0.296. The number of urea groups is 1. The number of para-hydroxylation sites is 2. The van der Waals surface area contributed by atoms with Crippen molar-refractivity contribution in [2.75, 3.05) is 25.0 Å². The van der Waals surface area contributed by atoms with Gasteiger partial charge in [-0.3, -0.25) is 0 Å². The normalized spacial score (nSPS) is 18.4. The molecule has 0 radical (unpaired) electrons. The minimum absolute atomic E-state index is 0.0382. The van der Waals surface area contributed by atoms with Crippen molar-refractivity contribution in [1.82, 2.24) is 9.88 Å². The van der Waals surface area contributed by atoms with Gasteiger partial charge in [0.05, 0.1) is 12.3 Å². The number of anilines is 1. The SMILES string of the molecule is O=C(Nc1ccccc1)N1CCC2(CC1)OCCc1c2[nH]c2ccccc12. The number of H-pyrrole nitrogens is 1. The van der Waals surface area contributed by atoms with Crippen molar-refractivity contribution < 1.29 is 9.53 Å². The Kier molecular flexibility index (Phi) is 3.90. The van der Waals surface area contributed by atoms with Crippen molar-refractivity contribution in [2.24, 2.45) is 0 Å². The number of hydrogen-bond donors (Lipinski definition) is 2. The fourth-order valence-corrected chi connectivity index (χ4v) is 4.46. The number of fused-ring (bicyclic) bond motifs is 4. The first-order chi connectivity index (χ1) is 13.3. The summed E-state index contributed by atoms with van der Waals surface area (Å²) in [5.41, 5.74) is 4.32. The van der Waals surface area contributed by atoms with Crippen LogP contribution >= 0.6 is 0 Å². The molecule has 5 heteroatoms. The van der Waals surface area contributed by atoms with Gasteiger partial charge < -0.3 is 19.9 Å². The second-order valence-electron chi connectivity index (χ2n) is 7.40. The van der Waals surface area contributed by atoms with E-state index in [1.54, 1.807) is 0 Å². The summed E-state index contributed by atoms with van der Waals surface area (Å²) in [5, 5.41) is 4.29. The maximum atomic E-state index is 12.6. The molecule has 5 rings (SSSR count). The largest absolute Gasteiger partial charge is 0.368 e. The van der Waals surface area contributed by atoms with Gasteiger partial charge in [0.1, 0.15) is 5.60 Å². The van der Waals surface area contributed by atoms with Gasteiger partial charge in [-0.1, -0.05) is 36.4 Å². The molecule has 2 amide bonds. The fourth-order valence-electron chi connectivity index (χ4n) is 4.46. The average molecular weight is 361 g/mol. The number of rotatable bonds is 1. The summed E-state index contributed by atoms with van der Waals surface area (Å²) >= 11 is 0. The van der Waals surface area contributed by atoms with E-state index in [1.165, 1.54) is 22.2 Å². The number of carbonyl (C=O) groups excluding carboxylic acids is 1. The van der Waals surface area contributed by atoms with Crippen LogP contribution in [0.2, 0.25) is 0 Å². The van der Waals surface area contributed by atoms with Crippen molar-refractivity contribution in [2.45, 2.75) is 24.9 Å². The molecule has 0 atom stereocenters. The first-order valence-corrected chi connectivity index (χ1v) is 9.60. The Bertz CT molecular complexity index is 972. The zero-order valence-electron chi connectivity index (χ0n) is 15.2. The van der Waals surface area contributed by atoms with Crippen LogP contribution in [0.25, 0.3) is 10.9 Å². The van der Waals surface area contributed by atoms with Crippen LogP contribution in [-0.4, -0.2) is 35.6 Å². The van der Waals surface area contributed by atoms with Gasteiger partial charge in [0, 0.05) is 29.7 Å². The zero-order chi connectivity index (χ0) is 18.3. The summed E-state index contributed by atoms with van der Waals surface area (Å²) in [6.45, 7) is 2.12. The lowest BCUT2D eigenvalue weighted by molar-refractivity contribution is -0.0943. The summed E-state index contributed by atoms with van der Waals surface area (Å²) in [6.07, 6.45) is 2.57. The van der Waals surface area contributed by atoms with Crippen molar-refractivity contribution in [3.8, 4) is 0 Å². The molecular weight excluding hydrogens is 338 g/mol. The first-order valence-electron chi connectivity index (χ1n) is 9.60. The van der Waals surface area contributed by atoms with Gasteiger partial charge in [-0.25, -0.2) is 4.79 Å². The summed E-state index contributed by atoms with van der Waals surface area (Å²) in [5.74, 6) is 0. The van der Waals surface area contributed by atoms with Crippen LogP contribution in [0.15, 0.2) is 54.6 Å². The van der Waals surface area contributed by atoms with Crippen LogP contribution in [-0.2, 0) is 16.8 Å². The molecule has 138 valence electrons. The van der Waals surface area contributed by atoms with E-state index in [9.17, 15) is 4.79 Å². The zero-order valence-corrected chi connectivity index (χ0v) is 15.2. The van der Waals surface area contributed by atoms with E-state index in [2.05, 4.69) is 34.6 Å². The standard InChI is InChI=1S/C22H23N3O2/c26-21(23-16-6-2-1-3-7-16)25-13-11-22(12-14-25)20-18(10-15-27-22)17-8-4-5-9-19(17)24-20/h1-9,24H,10-15H2,(H,23,26). The topological polar surface area (TPSA) is 57.4 Å². The van der Waals surface area contributed by atoms with Crippen LogP contribution in [0.1, 0.15) is 24.1 Å². The monoisotopic (exact) mass is 361 g/mol. The number of nitrogens with one attached hydrogen (secondary N) is 2. The molecule has 0 aliphatic carbocycles. The molecule has 0 unspecified atom stereocenters. The molecule has 2 N–H and O–H groups in total. The number of nitrogens with zero attached hydrogens (tertiary/aromatic N) is 1. The van der Waals surface area contributed by atoms with Gasteiger partial charge in [0.2, 0.25) is 0 Å². The fraction of sp³-hybridized carbons (Fsp3) is 0.318. The molecule has 27 heavy (non-hydrogen) atoms. The molecule has 1 spiro atoms. The number of piperidine rings is 1. The molecule has 3 aromatic rings. The van der Waals surface area contributed by atoms with Gasteiger partial charge in [-0.15, -0.1) is 0 Å². The highest BCUT2D eigenvalue weighted by Crippen LogP contribution is 2.43. The Balaban J connectivity index is 1.35. The minimum Gasteiger partial charge on any atom is -0.368 e. The van der Waals surface area contributed by atoms with Crippen LogP contribution in [0.5, 0.6) is 0 Å². The second kappa shape index (κ2) is 6.43. The van der Waals surface area contributed by atoms with Crippen LogP contribution in [0, 0.1) is 0 Å². The molecule has 2 aliphatic rings. The average Bonchev–Trinajstić information content (AvgIpc) is 3.10. The van der Waals surface area contributed by atoms with Gasteiger partial charge in [0.15, 0.2) is 0 Å². The quantitative estimate of drug-likeness (QED) is 0.680. The Morgan fingerprint density at radius 1 is 1.04 bits per heavy atom. The Morgan fingerprint density at radius 2 is 1.78 bits per heavy atom. The lowest BCUT2D eigenvalue weighted by atomic mass is 9.83. The summed E-state index contributed by atoms with van der Waals surface area (Å²) in [4.78, 5) is 18.1. The van der Waals surface area contributed by atoms with Gasteiger partial charge in [-0.05, 0) is 43.0 Å². The number of aromatic amines is 1. The van der Waals surface area contributed by atoms with E-state index in [4.69, 9.17) is 4.74 Å². The summed E-state index contributed by atoms with van der Waals surface area (Å²) < 4.78 is 6.32. The van der Waals surface area contributed by atoms with Crippen molar-refractivity contribution in [3.05, 3.63) is 65.9 Å². The molecular formula is C22H23N3O2. The lowest BCUT2D eigenvalue weighted by Gasteiger charge is -2.43. The number of benzene rings is 2. The van der Waals surface area contributed by atoms with E-state index in [-0.39, 0.29) is 11.6 Å². The number of ether oxygens (including phenoxy) is 1. The third-order valence-electron chi connectivity index (χ3n) is 5.88. The highest BCUT2D eigenvalue weighted by molar-refractivity contribution is 5.89. The van der Waals surface area contributed by atoms with E-state index in [0.717, 1.165) is 31.6 Å². The van der Waals surface area contributed by atoms with E-state index in [1.807, 2.05) is 35.2 Å². The predicted octanol–water partition coefficient (Wildman–Crippen LogP) is 4.26. The molecule has 3 heterocycles. The number of likely N-dealkylation sites (tertiary alicyclic amines) is 1. The Labute approximate surface area is 158 Å². The maximum Gasteiger partial charge on any atom is 0.321 e. The van der Waals surface area contributed by atoms with E-state index < -0.39 is 0 Å². The molecule has 1 aromatic heterocycles. The Morgan fingerprint density at radius 3 is 2.59 bits per heavy atom. The Hall–Kier alpha value is -2.79. The number of hydrogen-bond acceptors (Lipinski definition) is 2. The molecule has 0 saturated carbocycles. The number of amides is 2. The van der Waals surface area contributed by atoms with Crippen LogP contribution in [0.3, 0.4) is 0 Å². The van der Waals surface area contributed by atoms with Crippen molar-refractivity contribution >= 4 is 22.6 Å². The van der Waals surface area contributed by atoms with E-state index in [0.29, 0.717) is 13.1 Å². The molecule has 2 aromatic carbocycles. The molecule has 5 nitrogen and oxygen atoms in total. The van der Waals surface area contributed by atoms with E-state index >= 15 is 0 Å². The third kappa shape index (κ3) is 2.79. The van der Waals surface area contributed by atoms with Crippen molar-refractivity contribution in [3.63, 3.8) is 0 Å². The third-order valence-corrected chi connectivity index (χ3v) is 5.88. The molecule has 1 saturated heterocycles. The summed E-state index contributed by atoms with van der Waals surface area (Å²) in [6, 6.07) is 18.0. The summed E-state index contributed by atoms with van der Waals surface area (Å²) in [7, 11) is 0. The molecule has 1 fully saturated rings. The molecule has 0 bridgehead atoms. The first kappa shape index (κ1) is 16.4. The van der Waals surface area contributed by atoms with Gasteiger partial charge >= 0.3 is 6.03 Å². The maximum absolute atomic E-state index is 12.6. The molecule has 2 aliphatic heterocycles. The van der Waals surface area contributed by atoms with Crippen LogP contribution in [0.4, 0.5) is 10.5 Å². The predicted molar refractivity (Wildman–Crippen MR) is 106 cm³/mol. The van der Waals surface area contributed by atoms with Crippen LogP contribution < -0.4 is 5.32 Å². The highest BCUT2D eigenvalue weighted by atomic mass is 16.5. The second-order valence-corrected chi connectivity index (χ2v) is 7.40.